The van der Waals surface area contributed by atoms with Crippen molar-refractivity contribution >= 4 is 10.8 Å². The number of nitrogens with one attached hydrogen (secondary N) is 1. The van der Waals surface area contributed by atoms with Gasteiger partial charge in [0.25, 0.3) is 0 Å². The average molecular weight is 171 g/mol. The van der Waals surface area contributed by atoms with Gasteiger partial charge in [0.2, 0.25) is 0 Å². The molecule has 0 radical (unpaired) electrons. The molecule has 11 heavy (non-hydrogen) atoms. The zero-order chi connectivity index (χ0) is 7.94. The first kappa shape index (κ1) is 8.53. The van der Waals surface area contributed by atoms with E-state index in [9.17, 15) is 4.21 Å². The van der Waals surface area contributed by atoms with Crippen molar-refractivity contribution < 1.29 is 4.21 Å². The van der Waals surface area contributed by atoms with E-state index in [0.29, 0.717) is 0 Å². The highest BCUT2D eigenvalue weighted by atomic mass is 32.2. The van der Waals surface area contributed by atoms with Crippen LogP contribution in [0.25, 0.3) is 0 Å². The largest absolute Gasteiger partial charge is 0.391 e. The number of hydrogen-bond acceptors (Lipinski definition) is 2. The van der Waals surface area contributed by atoms with Crippen LogP contribution < -0.4 is 5.32 Å². The van der Waals surface area contributed by atoms with Gasteiger partial charge in [0.1, 0.15) is 0 Å². The van der Waals surface area contributed by atoms with Gasteiger partial charge in [0.05, 0.1) is 0 Å². The predicted octanol–water partition coefficient (Wildman–Crippen LogP) is 1.15. The Morgan fingerprint density at radius 2 is 2.18 bits per heavy atom. The molecular weight excluding hydrogens is 158 g/mol. The Balaban J connectivity index is 0.000000112. The highest BCUT2D eigenvalue weighted by Gasteiger charge is 1.96. The molecule has 2 heterocycles. The Hall–Kier alpha value is -0.570. The van der Waals surface area contributed by atoms with Crippen LogP contribution in [0.4, 0.5) is 0 Å². The van der Waals surface area contributed by atoms with Gasteiger partial charge in [-0.25, -0.2) is 0 Å². The van der Waals surface area contributed by atoms with E-state index in [4.69, 9.17) is 0 Å². The summed E-state index contributed by atoms with van der Waals surface area (Å²) >= 11 is 0. The van der Waals surface area contributed by atoms with E-state index in [2.05, 4.69) is 11.4 Å². The van der Waals surface area contributed by atoms with Crippen LogP contribution in [0.15, 0.2) is 23.8 Å². The predicted molar refractivity (Wildman–Crippen MR) is 48.5 cm³/mol. The fourth-order valence-electron chi connectivity index (χ4n) is 0.844. The van der Waals surface area contributed by atoms with Crippen LogP contribution in [0.5, 0.6) is 0 Å². The smallest absolute Gasteiger partial charge is 0.0455 e. The molecule has 2 aliphatic heterocycles. The van der Waals surface area contributed by atoms with Gasteiger partial charge in [0, 0.05) is 23.1 Å². The van der Waals surface area contributed by atoms with Crippen LogP contribution in [0.2, 0.25) is 0 Å². The lowest BCUT2D eigenvalue weighted by Crippen LogP contribution is -1.96. The molecule has 0 aromatic heterocycles. The molecule has 3 heteroatoms. The summed E-state index contributed by atoms with van der Waals surface area (Å²) in [6.07, 6.45) is 8.28. The van der Waals surface area contributed by atoms with E-state index in [1.807, 2.05) is 12.3 Å². The molecule has 0 aliphatic carbocycles. The first-order chi connectivity index (χ1) is 5.39. The Kier molecular flexibility index (Phi) is 3.98. The van der Waals surface area contributed by atoms with Gasteiger partial charge >= 0.3 is 0 Å². The minimum atomic E-state index is -0.603. The Morgan fingerprint density at radius 1 is 1.27 bits per heavy atom. The number of allylic oxidation sites excluding steroid dienone is 1. The molecule has 0 fully saturated rings. The Bertz CT molecular complexity index is 181. The summed E-state index contributed by atoms with van der Waals surface area (Å²) in [5, 5.41) is 4.79. The van der Waals surface area contributed by atoms with Crippen molar-refractivity contribution in [1.82, 2.24) is 5.32 Å². The van der Waals surface area contributed by atoms with Gasteiger partial charge in [0.15, 0.2) is 0 Å². The van der Waals surface area contributed by atoms with Crippen molar-refractivity contribution in [2.75, 3.05) is 12.3 Å². The number of hydrogen-bond donors (Lipinski definition) is 1. The third-order valence-electron chi connectivity index (χ3n) is 1.42. The molecular formula is C8H13NOS. The first-order valence-electron chi connectivity index (χ1n) is 3.82. The van der Waals surface area contributed by atoms with Crippen molar-refractivity contribution in [1.29, 1.82) is 0 Å². The summed E-state index contributed by atoms with van der Waals surface area (Å²) in [6.45, 7) is 1.14. The third kappa shape index (κ3) is 3.98. The van der Waals surface area contributed by atoms with Gasteiger partial charge in [-0.3, -0.25) is 4.21 Å². The second kappa shape index (κ2) is 5.13. The van der Waals surface area contributed by atoms with Crippen molar-refractivity contribution in [3.05, 3.63) is 23.8 Å². The van der Waals surface area contributed by atoms with Gasteiger partial charge in [-0.2, -0.15) is 0 Å². The highest BCUT2D eigenvalue weighted by molar-refractivity contribution is 7.88. The summed E-state index contributed by atoms with van der Waals surface area (Å²) in [5.41, 5.74) is 0. The van der Waals surface area contributed by atoms with E-state index in [0.717, 1.165) is 18.7 Å². The molecule has 0 amide bonds. The maximum Gasteiger partial charge on any atom is 0.0455 e. The molecule has 1 unspecified atom stereocenters. The lowest BCUT2D eigenvalue weighted by atomic mass is 10.5. The SMILES string of the molecule is C1=CNCC1.O=S1C=CCC1. The van der Waals surface area contributed by atoms with Crippen molar-refractivity contribution in [3.8, 4) is 0 Å². The second-order valence-electron chi connectivity index (χ2n) is 2.39. The van der Waals surface area contributed by atoms with E-state index in [1.165, 1.54) is 6.42 Å². The lowest BCUT2D eigenvalue weighted by Gasteiger charge is -1.78. The van der Waals surface area contributed by atoms with Crippen molar-refractivity contribution in [2.24, 2.45) is 0 Å². The molecule has 2 aliphatic rings. The fourth-order valence-corrected chi connectivity index (χ4v) is 1.70. The normalized spacial score (nSPS) is 26.0. The quantitative estimate of drug-likeness (QED) is 0.592. The van der Waals surface area contributed by atoms with E-state index >= 15 is 0 Å². The molecule has 0 saturated heterocycles. The Morgan fingerprint density at radius 3 is 2.36 bits per heavy atom. The van der Waals surface area contributed by atoms with E-state index in [1.54, 1.807) is 5.41 Å². The van der Waals surface area contributed by atoms with Gasteiger partial charge in [-0.05, 0) is 24.4 Å². The van der Waals surface area contributed by atoms with Gasteiger partial charge < -0.3 is 5.32 Å². The summed E-state index contributed by atoms with van der Waals surface area (Å²) in [4.78, 5) is 0. The second-order valence-corrected chi connectivity index (χ2v) is 3.83. The van der Waals surface area contributed by atoms with Crippen LogP contribution in [0.3, 0.4) is 0 Å². The van der Waals surface area contributed by atoms with Crippen molar-refractivity contribution in [2.45, 2.75) is 12.8 Å². The zero-order valence-corrected chi connectivity index (χ0v) is 7.27. The summed E-state index contributed by atoms with van der Waals surface area (Å²) < 4.78 is 10.3. The molecule has 0 aromatic rings. The molecule has 2 nitrogen and oxygen atoms in total. The lowest BCUT2D eigenvalue weighted by molar-refractivity contribution is 0.689. The van der Waals surface area contributed by atoms with Crippen LogP contribution >= 0.6 is 0 Å². The van der Waals surface area contributed by atoms with Crippen LogP contribution in [0.1, 0.15) is 12.8 Å². The topological polar surface area (TPSA) is 29.1 Å². The summed E-state index contributed by atoms with van der Waals surface area (Å²) in [7, 11) is -0.603. The summed E-state index contributed by atoms with van der Waals surface area (Å²) in [5.74, 6) is 0.847. The van der Waals surface area contributed by atoms with Crippen LogP contribution in [-0.4, -0.2) is 16.5 Å². The minimum absolute atomic E-state index is 0.603. The maximum atomic E-state index is 10.3. The standard InChI is InChI=1S/C4H7N.C4H6OS/c1-2-4-5-3-1;5-6-3-1-2-4-6/h1,3,5H,2,4H2;1,3H,2,4H2. The molecule has 0 saturated carbocycles. The highest BCUT2D eigenvalue weighted by Crippen LogP contribution is 1.99. The first-order valence-corrected chi connectivity index (χ1v) is 5.20. The fraction of sp³-hybridized carbons (Fsp3) is 0.500. The van der Waals surface area contributed by atoms with Gasteiger partial charge in [-0.1, -0.05) is 12.2 Å². The number of rotatable bonds is 0. The minimum Gasteiger partial charge on any atom is -0.391 e. The van der Waals surface area contributed by atoms with Crippen LogP contribution in [0, 0.1) is 0 Å². The Labute approximate surface area is 69.8 Å². The monoisotopic (exact) mass is 171 g/mol. The summed E-state index contributed by atoms with van der Waals surface area (Å²) in [6, 6.07) is 0. The molecule has 1 N–H and O–H groups in total. The molecule has 62 valence electrons. The molecule has 2 rings (SSSR count). The van der Waals surface area contributed by atoms with Gasteiger partial charge in [-0.15, -0.1) is 0 Å². The average Bonchev–Trinajstić information content (AvgIpc) is 2.57. The van der Waals surface area contributed by atoms with E-state index in [-0.39, 0.29) is 0 Å². The molecule has 0 aromatic carbocycles. The van der Waals surface area contributed by atoms with Crippen LogP contribution in [-0.2, 0) is 10.8 Å². The van der Waals surface area contributed by atoms with Crippen molar-refractivity contribution in [3.63, 3.8) is 0 Å². The zero-order valence-electron chi connectivity index (χ0n) is 6.45. The maximum absolute atomic E-state index is 10.3. The third-order valence-corrected chi connectivity index (χ3v) is 2.56. The molecule has 0 bridgehead atoms. The molecule has 1 atom stereocenters. The van der Waals surface area contributed by atoms with E-state index < -0.39 is 10.8 Å². The molecule has 0 spiro atoms.